The van der Waals surface area contributed by atoms with Gasteiger partial charge in [0.25, 0.3) is 0 Å². The largest absolute Gasteiger partial charge is 2.00 e. The smallest absolute Gasteiger partial charge is 1.00 e. The van der Waals surface area contributed by atoms with Gasteiger partial charge in [-0.1, -0.05) is 107 Å². The van der Waals surface area contributed by atoms with Crippen molar-refractivity contribution in [3.8, 4) is 0 Å². The predicted molar refractivity (Wildman–Crippen MR) is 181 cm³/mol. The van der Waals surface area contributed by atoms with Gasteiger partial charge in [-0.25, -0.2) is 0 Å². The van der Waals surface area contributed by atoms with E-state index < -0.39 is 0 Å². The van der Waals surface area contributed by atoms with E-state index in [2.05, 4.69) is 144 Å². The van der Waals surface area contributed by atoms with E-state index in [4.69, 9.17) is 0 Å². The maximum atomic E-state index is 3.96. The van der Waals surface area contributed by atoms with Gasteiger partial charge in [0.2, 0.25) is 0 Å². The summed E-state index contributed by atoms with van der Waals surface area (Å²) in [6.45, 7) is 34.4. The summed E-state index contributed by atoms with van der Waals surface area (Å²) < 4.78 is 0. The molecule has 0 aromatic heterocycles. The van der Waals surface area contributed by atoms with Crippen molar-refractivity contribution in [1.82, 2.24) is 4.90 Å². The maximum absolute atomic E-state index is 3.96. The van der Waals surface area contributed by atoms with Gasteiger partial charge in [0, 0.05) is 36.5 Å². The molecule has 0 heterocycles. The zero-order valence-electron chi connectivity index (χ0n) is 29.9. The predicted octanol–water partition coefficient (Wildman–Crippen LogP) is 4.67. The fraction of sp³-hybridized carbons (Fsp3) is 0.676. The molecule has 43 heavy (non-hydrogen) atoms. The summed E-state index contributed by atoms with van der Waals surface area (Å²) in [4.78, 5) is 2.48. The number of likely N-dealkylation sites (N-methyl/N-ethyl adjacent to an activating group) is 1. The van der Waals surface area contributed by atoms with Crippen LogP contribution in [0.2, 0.25) is 0 Å². The van der Waals surface area contributed by atoms with Gasteiger partial charge >= 0.3 is 16.8 Å². The molecule has 0 aliphatic carbocycles. The molecule has 1 radical (unpaired) electrons. The maximum Gasteiger partial charge on any atom is 2.00 e. The molecule has 0 saturated heterocycles. The van der Waals surface area contributed by atoms with Gasteiger partial charge in [-0.2, -0.15) is 0 Å². The first kappa shape index (κ1) is 44.2. The van der Waals surface area contributed by atoms with Crippen molar-refractivity contribution in [3.05, 3.63) is 57.6 Å². The van der Waals surface area contributed by atoms with E-state index in [1.54, 1.807) is 0 Å². The minimum Gasteiger partial charge on any atom is -1.00 e. The topological polar surface area (TPSA) is 27.3 Å². The molecule has 249 valence electrons. The molecule has 2 N–H and O–H groups in total. The molecule has 2 aromatic rings. The molecule has 0 aliphatic rings. The Labute approximate surface area is 289 Å². The number of hydrogen-bond donors (Lipinski definition) is 2. The number of hydrogen-bond acceptors (Lipinski definition) is 3. The molecule has 0 spiro atoms. The summed E-state index contributed by atoms with van der Waals surface area (Å²) in [7, 11) is 2.26. The average molecular weight is 680 g/mol. The molecule has 2 unspecified atom stereocenters. The van der Waals surface area contributed by atoms with Crippen molar-refractivity contribution < 1.29 is 41.6 Å². The van der Waals surface area contributed by atoms with E-state index in [0.717, 1.165) is 13.1 Å². The van der Waals surface area contributed by atoms with Crippen molar-refractivity contribution in [2.75, 3.05) is 30.8 Å². The quantitative estimate of drug-likeness (QED) is 0.304. The third-order valence-electron chi connectivity index (χ3n) is 8.22. The first-order valence-corrected chi connectivity index (χ1v) is 16.1. The summed E-state index contributed by atoms with van der Waals surface area (Å²) in [5.74, 6) is 3.02. The van der Waals surface area contributed by atoms with Crippen LogP contribution < -0.4 is 35.4 Å². The Morgan fingerprint density at radius 3 is 0.884 bits per heavy atom. The first-order chi connectivity index (χ1) is 18.5. The zero-order valence-corrected chi connectivity index (χ0v) is 32.4. The SMILES string of the molecule is CC(CN(C)CC(C)Nc1c(C(C)C)cc(C(C)C)cc1C(C)C)Nc1c(C(C)C)cc(C(C)C)cc1C(C)C.[Cl-].[Cl-].[Co+2]. The Morgan fingerprint density at radius 2 is 0.698 bits per heavy atom. The molecule has 0 saturated carbocycles. The second kappa shape index (κ2) is 19.6. The van der Waals surface area contributed by atoms with Crippen LogP contribution in [0.1, 0.15) is 166 Å². The number of nitrogens with zero attached hydrogens (tertiary/aromatic N) is 1. The monoisotopic (exact) mass is 678 g/mol. The summed E-state index contributed by atoms with van der Waals surface area (Å²) >= 11 is 0. The molecular formula is C37H63Cl2CoN3. The minimum absolute atomic E-state index is 0. The zero-order chi connectivity index (χ0) is 30.5. The van der Waals surface area contributed by atoms with E-state index in [0.29, 0.717) is 47.6 Å². The van der Waals surface area contributed by atoms with Gasteiger partial charge in [0.05, 0.1) is 0 Å². The minimum atomic E-state index is 0. The van der Waals surface area contributed by atoms with Gasteiger partial charge in [0.15, 0.2) is 0 Å². The Balaban J connectivity index is 0. The molecule has 2 rings (SSSR count). The summed E-state index contributed by atoms with van der Waals surface area (Å²) in [5, 5.41) is 7.93. The molecule has 2 aromatic carbocycles. The molecule has 0 fully saturated rings. The Morgan fingerprint density at radius 1 is 0.465 bits per heavy atom. The first-order valence-electron chi connectivity index (χ1n) is 16.1. The normalized spacial score (nSPS) is 13.0. The molecule has 0 amide bonds. The number of anilines is 2. The van der Waals surface area contributed by atoms with Crippen LogP contribution >= 0.6 is 0 Å². The van der Waals surface area contributed by atoms with E-state index in [9.17, 15) is 0 Å². The van der Waals surface area contributed by atoms with Crippen LogP contribution in [-0.4, -0.2) is 37.1 Å². The van der Waals surface area contributed by atoms with Crippen molar-refractivity contribution in [2.24, 2.45) is 0 Å². The Hall–Kier alpha value is -0.914. The standard InChI is InChI=1S/C37H63N3.2ClH.Co/c1-22(2)30-16-32(24(5)6)36(33(17-30)25(7)8)38-28(13)20-40(15)21-29(14)39-37-34(26(9)10)18-31(23(3)4)19-35(37)27(11)12;;;/h16-19,22-29,38-39H,20-21H2,1-15H3;2*1H;/q;;;+2/p-2. The van der Waals surface area contributed by atoms with Crippen LogP contribution in [0.3, 0.4) is 0 Å². The summed E-state index contributed by atoms with van der Waals surface area (Å²) in [6, 6.07) is 10.5. The van der Waals surface area contributed by atoms with Gasteiger partial charge < -0.3 is 40.3 Å². The van der Waals surface area contributed by atoms with Crippen LogP contribution in [0.25, 0.3) is 0 Å². The third-order valence-corrected chi connectivity index (χ3v) is 8.22. The van der Waals surface area contributed by atoms with Crippen molar-refractivity contribution in [2.45, 2.75) is 145 Å². The number of rotatable bonds is 14. The van der Waals surface area contributed by atoms with Crippen LogP contribution in [-0.2, 0) is 16.8 Å². The third kappa shape index (κ3) is 12.4. The van der Waals surface area contributed by atoms with E-state index in [1.807, 2.05) is 0 Å². The van der Waals surface area contributed by atoms with Gasteiger partial charge in [-0.05, 0) is 89.8 Å². The molecule has 6 heteroatoms. The fourth-order valence-corrected chi connectivity index (χ4v) is 5.84. The van der Waals surface area contributed by atoms with Crippen LogP contribution in [0.5, 0.6) is 0 Å². The van der Waals surface area contributed by atoms with E-state index in [-0.39, 0.29) is 41.6 Å². The number of halogens is 2. The average Bonchev–Trinajstić information content (AvgIpc) is 2.82. The molecule has 3 nitrogen and oxygen atoms in total. The second-order valence-corrected chi connectivity index (χ2v) is 14.4. The Kier molecular flexibility index (Phi) is 20.1. The van der Waals surface area contributed by atoms with Crippen molar-refractivity contribution >= 4 is 11.4 Å². The number of nitrogens with one attached hydrogen (secondary N) is 2. The van der Waals surface area contributed by atoms with Crippen LogP contribution in [0.4, 0.5) is 11.4 Å². The summed E-state index contributed by atoms with van der Waals surface area (Å²) in [6.07, 6.45) is 0. The van der Waals surface area contributed by atoms with Gasteiger partial charge in [-0.15, -0.1) is 0 Å². The molecular weight excluding hydrogens is 616 g/mol. The van der Waals surface area contributed by atoms with Crippen molar-refractivity contribution in [3.63, 3.8) is 0 Å². The Bertz CT molecular complexity index is 952. The van der Waals surface area contributed by atoms with Crippen LogP contribution in [0.15, 0.2) is 24.3 Å². The van der Waals surface area contributed by atoms with E-state index >= 15 is 0 Å². The van der Waals surface area contributed by atoms with Crippen LogP contribution in [0, 0.1) is 0 Å². The number of benzene rings is 2. The van der Waals surface area contributed by atoms with Crippen molar-refractivity contribution in [1.29, 1.82) is 0 Å². The fourth-order valence-electron chi connectivity index (χ4n) is 5.84. The van der Waals surface area contributed by atoms with E-state index in [1.165, 1.54) is 44.8 Å². The molecule has 0 aliphatic heterocycles. The second-order valence-electron chi connectivity index (χ2n) is 14.4. The molecule has 0 bridgehead atoms. The summed E-state index contributed by atoms with van der Waals surface area (Å²) in [5.41, 5.74) is 11.4. The molecule has 2 atom stereocenters. The van der Waals surface area contributed by atoms with Gasteiger partial charge in [-0.3, -0.25) is 0 Å². The van der Waals surface area contributed by atoms with Gasteiger partial charge in [0.1, 0.15) is 0 Å².